The van der Waals surface area contributed by atoms with Crippen LogP contribution in [0.2, 0.25) is 0 Å². The molecule has 0 radical (unpaired) electrons. The Morgan fingerprint density at radius 1 is 0.417 bits per heavy atom. The van der Waals surface area contributed by atoms with Crippen molar-refractivity contribution in [3.8, 4) is 33.6 Å². The minimum atomic E-state index is 0.592. The SMILES string of the molecule is [C-]#[N+]c1ccc2c3ccccc3n(-c3ccccc3-c3c([N+]#[C-])cccc3-c3ccc(-n4c5ccccc5c5ccccc54)cc3)c2c1. The molecule has 2 heterocycles. The van der Waals surface area contributed by atoms with Crippen molar-refractivity contribution < 1.29 is 0 Å². The number of para-hydroxylation sites is 4. The molecule has 48 heavy (non-hydrogen) atoms. The molecule has 9 aromatic rings. The summed E-state index contributed by atoms with van der Waals surface area (Å²) in [5.41, 5.74) is 11.5. The van der Waals surface area contributed by atoms with E-state index in [2.05, 4.69) is 128 Å². The summed E-state index contributed by atoms with van der Waals surface area (Å²) in [5.74, 6) is 0. The van der Waals surface area contributed by atoms with E-state index >= 15 is 0 Å². The Labute approximate surface area is 277 Å². The van der Waals surface area contributed by atoms with Crippen molar-refractivity contribution in [3.63, 3.8) is 0 Å². The molecule has 0 unspecified atom stereocenters. The highest BCUT2D eigenvalue weighted by Crippen LogP contribution is 2.44. The van der Waals surface area contributed by atoms with Crippen molar-refractivity contribution in [2.45, 2.75) is 0 Å². The Hall–Kier alpha value is -6.88. The lowest BCUT2D eigenvalue weighted by molar-refractivity contribution is 1.18. The molecule has 2 aromatic heterocycles. The molecule has 7 aromatic carbocycles. The summed E-state index contributed by atoms with van der Waals surface area (Å²) in [5, 5.41) is 4.68. The average molecular weight is 611 g/mol. The molecule has 0 bridgehead atoms. The van der Waals surface area contributed by atoms with Gasteiger partial charge in [-0.2, -0.15) is 0 Å². The number of aromatic nitrogens is 2. The molecule has 0 spiro atoms. The summed E-state index contributed by atoms with van der Waals surface area (Å²) in [4.78, 5) is 7.77. The van der Waals surface area contributed by atoms with E-state index in [1.54, 1.807) is 0 Å². The van der Waals surface area contributed by atoms with Crippen molar-refractivity contribution in [1.82, 2.24) is 9.13 Å². The lowest BCUT2D eigenvalue weighted by atomic mass is 9.92. The van der Waals surface area contributed by atoms with E-state index in [9.17, 15) is 0 Å². The minimum Gasteiger partial charge on any atom is -0.310 e. The van der Waals surface area contributed by atoms with E-state index in [0.717, 1.165) is 55.4 Å². The molecule has 9 rings (SSSR count). The van der Waals surface area contributed by atoms with E-state index in [1.807, 2.05) is 48.5 Å². The van der Waals surface area contributed by atoms with Gasteiger partial charge in [0.05, 0.1) is 35.4 Å². The lowest BCUT2D eigenvalue weighted by Crippen LogP contribution is -1.98. The van der Waals surface area contributed by atoms with Crippen LogP contribution >= 0.6 is 0 Å². The van der Waals surface area contributed by atoms with Crippen molar-refractivity contribution >= 4 is 55.0 Å². The van der Waals surface area contributed by atoms with Crippen LogP contribution in [0.15, 0.2) is 158 Å². The van der Waals surface area contributed by atoms with Crippen LogP contribution in [0.4, 0.5) is 11.4 Å². The van der Waals surface area contributed by atoms with Gasteiger partial charge in [-0.3, -0.25) is 0 Å². The molecule has 0 aliphatic carbocycles. The summed E-state index contributed by atoms with van der Waals surface area (Å²) in [6.07, 6.45) is 0. The zero-order valence-electron chi connectivity index (χ0n) is 25.8. The second kappa shape index (κ2) is 10.9. The van der Waals surface area contributed by atoms with Crippen LogP contribution in [0.25, 0.3) is 86.9 Å². The third-order valence-electron chi connectivity index (χ3n) is 9.38. The first kappa shape index (κ1) is 27.4. The lowest BCUT2D eigenvalue weighted by Gasteiger charge is -2.18. The van der Waals surface area contributed by atoms with E-state index < -0.39 is 0 Å². The maximum Gasteiger partial charge on any atom is 0.195 e. The zero-order valence-corrected chi connectivity index (χ0v) is 25.8. The third kappa shape index (κ3) is 4.07. The molecule has 0 aliphatic heterocycles. The smallest absolute Gasteiger partial charge is 0.195 e. The fourth-order valence-electron chi connectivity index (χ4n) is 7.32. The zero-order chi connectivity index (χ0) is 32.2. The van der Waals surface area contributed by atoms with Crippen LogP contribution in [-0.4, -0.2) is 9.13 Å². The van der Waals surface area contributed by atoms with Gasteiger partial charge >= 0.3 is 0 Å². The van der Waals surface area contributed by atoms with Crippen LogP contribution < -0.4 is 0 Å². The van der Waals surface area contributed by atoms with Crippen molar-refractivity contribution in [2.24, 2.45) is 0 Å². The number of hydrogen-bond donors (Lipinski definition) is 0. The van der Waals surface area contributed by atoms with Gasteiger partial charge in [-0.25, -0.2) is 9.69 Å². The van der Waals surface area contributed by atoms with Crippen LogP contribution in [0.3, 0.4) is 0 Å². The van der Waals surface area contributed by atoms with E-state index in [0.29, 0.717) is 11.4 Å². The van der Waals surface area contributed by atoms with Gasteiger partial charge in [0.2, 0.25) is 0 Å². The second-order valence-electron chi connectivity index (χ2n) is 11.9. The number of fused-ring (bicyclic) bond motifs is 6. The van der Waals surface area contributed by atoms with Crippen molar-refractivity contribution in [3.05, 3.63) is 181 Å². The van der Waals surface area contributed by atoms with E-state index in [-0.39, 0.29) is 0 Å². The van der Waals surface area contributed by atoms with Gasteiger partial charge in [-0.1, -0.05) is 115 Å². The molecule has 0 N–H and O–H groups in total. The van der Waals surface area contributed by atoms with Gasteiger partial charge in [0, 0.05) is 32.7 Å². The molecule has 0 saturated carbocycles. The fraction of sp³-hybridized carbons (Fsp3) is 0. The highest BCUT2D eigenvalue weighted by molar-refractivity contribution is 6.11. The number of hydrogen-bond acceptors (Lipinski definition) is 0. The number of nitrogens with zero attached hydrogens (tertiary/aromatic N) is 4. The van der Waals surface area contributed by atoms with Crippen LogP contribution in [0.5, 0.6) is 0 Å². The van der Waals surface area contributed by atoms with Crippen LogP contribution in [0, 0.1) is 13.1 Å². The van der Waals surface area contributed by atoms with Crippen molar-refractivity contribution in [1.29, 1.82) is 0 Å². The molecule has 0 amide bonds. The molecule has 0 saturated heterocycles. The fourth-order valence-corrected chi connectivity index (χ4v) is 7.32. The Kier molecular flexibility index (Phi) is 6.22. The monoisotopic (exact) mass is 610 g/mol. The minimum absolute atomic E-state index is 0.592. The maximum atomic E-state index is 8.22. The van der Waals surface area contributed by atoms with Crippen LogP contribution in [-0.2, 0) is 0 Å². The Morgan fingerprint density at radius 2 is 0.979 bits per heavy atom. The predicted molar refractivity (Wildman–Crippen MR) is 199 cm³/mol. The molecule has 0 fully saturated rings. The quantitative estimate of drug-likeness (QED) is 0.177. The molecule has 0 aliphatic rings. The molecule has 0 atom stereocenters. The Bertz CT molecular complexity index is 2750. The van der Waals surface area contributed by atoms with Gasteiger partial charge in [0.25, 0.3) is 0 Å². The normalized spacial score (nSPS) is 11.3. The molecule has 222 valence electrons. The average Bonchev–Trinajstić information content (AvgIpc) is 3.67. The summed E-state index contributed by atoms with van der Waals surface area (Å²) >= 11 is 0. The first-order valence-corrected chi connectivity index (χ1v) is 15.8. The van der Waals surface area contributed by atoms with Crippen LogP contribution in [0.1, 0.15) is 0 Å². The predicted octanol–water partition coefficient (Wildman–Crippen LogP) is 12.3. The first-order valence-electron chi connectivity index (χ1n) is 15.8. The summed E-state index contributed by atoms with van der Waals surface area (Å²) < 4.78 is 4.56. The van der Waals surface area contributed by atoms with Gasteiger partial charge in [-0.05, 0) is 64.7 Å². The highest BCUT2D eigenvalue weighted by Gasteiger charge is 2.20. The van der Waals surface area contributed by atoms with Gasteiger partial charge in [-0.15, -0.1) is 0 Å². The molecule has 4 heteroatoms. The van der Waals surface area contributed by atoms with E-state index in [1.165, 1.54) is 21.8 Å². The largest absolute Gasteiger partial charge is 0.310 e. The number of benzene rings is 7. The molecular weight excluding hydrogens is 585 g/mol. The summed E-state index contributed by atoms with van der Waals surface area (Å²) in [7, 11) is 0. The highest BCUT2D eigenvalue weighted by atomic mass is 15.0. The van der Waals surface area contributed by atoms with Gasteiger partial charge < -0.3 is 9.13 Å². The standard InChI is InChI=1S/C44H26N4/c1-45-30-24-27-36-35-14-5-9-20-41(35)48(43(36)28-30)42-21-10-6-15-37(42)44-32(16-11-17-38(44)46-2)29-22-25-31(26-23-29)47-39-18-7-3-12-33(39)34-13-4-8-19-40(34)47/h3-28H. The van der Waals surface area contributed by atoms with Gasteiger partial charge in [0.1, 0.15) is 0 Å². The van der Waals surface area contributed by atoms with E-state index in [4.69, 9.17) is 13.1 Å². The second-order valence-corrected chi connectivity index (χ2v) is 11.9. The third-order valence-corrected chi connectivity index (χ3v) is 9.38. The topological polar surface area (TPSA) is 18.6 Å². The Morgan fingerprint density at radius 3 is 1.62 bits per heavy atom. The Balaban J connectivity index is 1.25. The van der Waals surface area contributed by atoms with Crippen molar-refractivity contribution in [2.75, 3.05) is 0 Å². The van der Waals surface area contributed by atoms with Gasteiger partial charge in [0.15, 0.2) is 11.4 Å². The molecule has 4 nitrogen and oxygen atoms in total. The summed E-state index contributed by atoms with van der Waals surface area (Å²) in [6, 6.07) is 54.3. The maximum absolute atomic E-state index is 8.22. The summed E-state index contributed by atoms with van der Waals surface area (Å²) in [6.45, 7) is 15.9. The molecular formula is C44H26N4. The first-order chi connectivity index (χ1) is 23.7. The number of rotatable bonds is 4.